The van der Waals surface area contributed by atoms with Crippen LogP contribution in [-0.2, 0) is 4.74 Å². The van der Waals surface area contributed by atoms with Gasteiger partial charge in [-0.25, -0.2) is 0 Å². The van der Waals surface area contributed by atoms with Crippen molar-refractivity contribution in [2.75, 3.05) is 7.11 Å². The highest BCUT2D eigenvalue weighted by Gasteiger charge is 1.93. The minimum Gasteiger partial charge on any atom is -0.483 e. The van der Waals surface area contributed by atoms with Gasteiger partial charge in [0.1, 0.15) is 6.42 Å². The second kappa shape index (κ2) is 4.61. The molecule has 0 aromatic carbocycles. The number of aliphatic imine (C=N–C) groups is 1. The average molecular weight is 123 g/mol. The van der Waals surface area contributed by atoms with Gasteiger partial charge in [-0.1, -0.05) is 0 Å². The van der Waals surface area contributed by atoms with Crippen LogP contribution in [0, 0.1) is 22.8 Å². The third-order valence-corrected chi connectivity index (χ3v) is 0.641. The molecule has 0 amide bonds. The summed E-state index contributed by atoms with van der Waals surface area (Å²) >= 11 is 0. The molecule has 0 aliphatic heterocycles. The van der Waals surface area contributed by atoms with Crippen LogP contribution in [0.5, 0.6) is 0 Å². The summed E-state index contributed by atoms with van der Waals surface area (Å²) in [4.78, 5) is 3.21. The van der Waals surface area contributed by atoms with Crippen LogP contribution in [0.15, 0.2) is 4.99 Å². The lowest BCUT2D eigenvalue weighted by Gasteiger charge is -1.92. The van der Waals surface area contributed by atoms with Gasteiger partial charge < -0.3 is 4.74 Å². The normalized spacial score (nSPS) is 9.44. The smallest absolute Gasteiger partial charge is 0.213 e. The minimum atomic E-state index is 0.0457. The van der Waals surface area contributed by atoms with Crippen LogP contribution in [0.25, 0.3) is 0 Å². The van der Waals surface area contributed by atoms with Gasteiger partial charge in [0.05, 0.1) is 13.2 Å². The van der Waals surface area contributed by atoms with Gasteiger partial charge in [-0.3, -0.25) is 0 Å². The van der Waals surface area contributed by atoms with E-state index in [1.54, 1.807) is 6.07 Å². The van der Waals surface area contributed by atoms with Gasteiger partial charge in [-0.15, -0.1) is 4.99 Å². The molecule has 0 aliphatic carbocycles. The van der Waals surface area contributed by atoms with Crippen LogP contribution in [-0.4, -0.2) is 13.0 Å². The summed E-state index contributed by atoms with van der Waals surface area (Å²) in [6.45, 7) is 0. The van der Waals surface area contributed by atoms with E-state index >= 15 is 0 Å². The van der Waals surface area contributed by atoms with Crippen LogP contribution in [0.1, 0.15) is 6.42 Å². The Morgan fingerprint density at radius 2 is 2.33 bits per heavy atom. The Bertz CT molecular complexity index is 183. The highest BCUT2D eigenvalue weighted by molar-refractivity contribution is 5.78. The summed E-state index contributed by atoms with van der Waals surface area (Å²) in [6, 6.07) is 1.80. The first-order valence-corrected chi connectivity index (χ1v) is 2.21. The molecule has 0 aromatic heterocycles. The predicted molar refractivity (Wildman–Crippen MR) is 30.3 cm³/mol. The number of ether oxygens (including phenoxy) is 1. The maximum absolute atomic E-state index is 8.07. The van der Waals surface area contributed by atoms with Crippen LogP contribution in [0.3, 0.4) is 0 Å². The number of nitrogens with zero attached hydrogens (tertiary/aromatic N) is 3. The monoisotopic (exact) mass is 123 g/mol. The molecule has 0 bridgehead atoms. The number of methoxy groups -OCH3 is 1. The van der Waals surface area contributed by atoms with Crippen molar-refractivity contribution in [1.29, 1.82) is 10.5 Å². The van der Waals surface area contributed by atoms with Gasteiger partial charge >= 0.3 is 0 Å². The second-order valence-electron chi connectivity index (χ2n) is 1.14. The molecule has 0 fully saturated rings. The molecule has 0 radical (unpaired) electrons. The number of nitriles is 2. The van der Waals surface area contributed by atoms with Crippen molar-refractivity contribution in [1.82, 2.24) is 0 Å². The lowest BCUT2D eigenvalue weighted by Crippen LogP contribution is -1.97. The van der Waals surface area contributed by atoms with E-state index in [2.05, 4.69) is 9.73 Å². The highest BCUT2D eigenvalue weighted by atomic mass is 16.5. The van der Waals surface area contributed by atoms with Crippen LogP contribution < -0.4 is 0 Å². The molecule has 0 saturated heterocycles. The first-order chi connectivity index (χ1) is 4.35. The average Bonchev–Trinajstić information content (AvgIpc) is 1.88. The number of rotatable bonds is 1. The summed E-state index contributed by atoms with van der Waals surface area (Å²) in [5.74, 6) is 0.153. The molecule has 0 aromatic rings. The zero-order valence-corrected chi connectivity index (χ0v) is 4.96. The van der Waals surface area contributed by atoms with Crippen LogP contribution >= 0.6 is 0 Å². The molecule has 0 N–H and O–H groups in total. The first-order valence-electron chi connectivity index (χ1n) is 2.21. The largest absolute Gasteiger partial charge is 0.483 e. The van der Waals surface area contributed by atoms with E-state index in [1.165, 1.54) is 13.3 Å². The number of hydrogen-bond donors (Lipinski definition) is 0. The van der Waals surface area contributed by atoms with Crippen molar-refractivity contribution >= 4 is 5.90 Å². The molecule has 4 heteroatoms. The summed E-state index contributed by atoms with van der Waals surface area (Å²) in [5, 5.41) is 16.0. The molecule has 0 saturated carbocycles. The van der Waals surface area contributed by atoms with Gasteiger partial charge in [0.2, 0.25) is 12.1 Å². The van der Waals surface area contributed by atoms with Crippen molar-refractivity contribution in [3.05, 3.63) is 0 Å². The van der Waals surface area contributed by atoms with Crippen molar-refractivity contribution in [2.24, 2.45) is 4.99 Å². The minimum absolute atomic E-state index is 0.0457. The number of hydrogen-bond acceptors (Lipinski definition) is 4. The van der Waals surface area contributed by atoms with E-state index in [9.17, 15) is 0 Å². The Kier molecular flexibility index (Phi) is 3.81. The fourth-order valence-electron chi connectivity index (χ4n) is 0.281. The zero-order valence-electron chi connectivity index (χ0n) is 4.96. The molecule has 0 rings (SSSR count). The fourth-order valence-corrected chi connectivity index (χ4v) is 0.281. The Morgan fingerprint density at radius 1 is 1.67 bits per heavy atom. The second-order valence-corrected chi connectivity index (χ2v) is 1.14. The van der Waals surface area contributed by atoms with Crippen LogP contribution in [0.2, 0.25) is 0 Å². The van der Waals surface area contributed by atoms with E-state index in [-0.39, 0.29) is 12.3 Å². The van der Waals surface area contributed by atoms with Gasteiger partial charge in [0, 0.05) is 0 Å². The predicted octanol–water partition coefficient (Wildman–Crippen LogP) is 0.426. The summed E-state index contributed by atoms with van der Waals surface area (Å²) in [5.41, 5.74) is 0. The Hall–Kier alpha value is -1.55. The van der Waals surface area contributed by atoms with E-state index in [4.69, 9.17) is 10.5 Å². The lowest BCUT2D eigenvalue weighted by atomic mass is 10.5. The summed E-state index contributed by atoms with van der Waals surface area (Å²) in [6.07, 6.45) is 1.56. The highest BCUT2D eigenvalue weighted by Crippen LogP contribution is 1.84. The van der Waals surface area contributed by atoms with Crippen molar-refractivity contribution in [2.45, 2.75) is 6.42 Å². The Balaban J connectivity index is 3.89. The molecule has 46 valence electrons. The molecule has 9 heavy (non-hydrogen) atoms. The third kappa shape index (κ3) is 3.07. The summed E-state index contributed by atoms with van der Waals surface area (Å²) < 4.78 is 4.54. The van der Waals surface area contributed by atoms with E-state index in [0.717, 1.165) is 0 Å². The molecule has 0 spiro atoms. The standard InChI is InChI=1S/C5H5N3O/c1-9-5(2-3-6)8-4-7/h2H2,1H3/b8-5+. The third-order valence-electron chi connectivity index (χ3n) is 0.641. The SMILES string of the molecule is CO/C(CC#N)=N/C#N. The van der Waals surface area contributed by atoms with E-state index in [1.807, 2.05) is 0 Å². The van der Waals surface area contributed by atoms with Crippen molar-refractivity contribution in [3.8, 4) is 12.3 Å². The molecular formula is C5H5N3O. The maximum Gasteiger partial charge on any atom is 0.213 e. The molecule has 0 aliphatic rings. The molecule has 4 nitrogen and oxygen atoms in total. The van der Waals surface area contributed by atoms with Gasteiger partial charge in [-0.05, 0) is 0 Å². The fraction of sp³-hybridized carbons (Fsp3) is 0.400. The van der Waals surface area contributed by atoms with Gasteiger partial charge in [0.15, 0.2) is 0 Å². The summed E-state index contributed by atoms with van der Waals surface area (Å²) in [7, 11) is 1.37. The molecule has 0 atom stereocenters. The van der Waals surface area contributed by atoms with E-state index < -0.39 is 0 Å². The molecular weight excluding hydrogens is 118 g/mol. The first kappa shape index (κ1) is 7.45. The quantitative estimate of drug-likeness (QED) is 0.288. The Morgan fingerprint density at radius 3 is 2.67 bits per heavy atom. The van der Waals surface area contributed by atoms with Crippen LogP contribution in [0.4, 0.5) is 0 Å². The molecule has 0 unspecified atom stereocenters. The maximum atomic E-state index is 8.07. The topological polar surface area (TPSA) is 69.2 Å². The van der Waals surface area contributed by atoms with E-state index in [0.29, 0.717) is 0 Å². The molecule has 0 heterocycles. The zero-order chi connectivity index (χ0) is 7.11. The lowest BCUT2D eigenvalue weighted by molar-refractivity contribution is 0.396. The van der Waals surface area contributed by atoms with Gasteiger partial charge in [0.25, 0.3) is 0 Å². The Labute approximate surface area is 53.0 Å². The van der Waals surface area contributed by atoms with Crippen molar-refractivity contribution < 1.29 is 4.74 Å². The van der Waals surface area contributed by atoms with Crippen molar-refractivity contribution in [3.63, 3.8) is 0 Å². The van der Waals surface area contributed by atoms with Gasteiger partial charge in [-0.2, -0.15) is 10.5 Å².